The van der Waals surface area contributed by atoms with Crippen LogP contribution in [0.4, 0.5) is 0 Å². The van der Waals surface area contributed by atoms with Crippen LogP contribution in [-0.2, 0) is 6.42 Å². The Bertz CT molecular complexity index is 503. The first-order valence-corrected chi connectivity index (χ1v) is 7.80. The van der Waals surface area contributed by atoms with Gasteiger partial charge in [0.2, 0.25) is 0 Å². The first-order chi connectivity index (χ1) is 10.1. The van der Waals surface area contributed by atoms with Crippen molar-refractivity contribution in [1.82, 2.24) is 5.32 Å². The Morgan fingerprint density at radius 1 is 1.45 bits per heavy atom. The predicted molar refractivity (Wildman–Crippen MR) is 103 cm³/mol. The molecule has 2 rings (SSSR count). The summed E-state index contributed by atoms with van der Waals surface area (Å²) in [5.41, 5.74) is 8.75. The number of hydrogen-bond donors (Lipinski definition) is 2. The van der Waals surface area contributed by atoms with E-state index in [4.69, 9.17) is 10.5 Å². The summed E-state index contributed by atoms with van der Waals surface area (Å²) in [4.78, 5) is 4.35. The lowest BCUT2D eigenvalue weighted by Gasteiger charge is -2.26. The van der Waals surface area contributed by atoms with Gasteiger partial charge in [0.15, 0.2) is 5.96 Å². The Morgan fingerprint density at radius 3 is 2.91 bits per heavy atom. The number of halogens is 1. The molecule has 0 radical (unpaired) electrons. The van der Waals surface area contributed by atoms with Gasteiger partial charge in [-0.05, 0) is 48.4 Å². The van der Waals surface area contributed by atoms with Gasteiger partial charge in [-0.3, -0.25) is 4.99 Å². The van der Waals surface area contributed by atoms with E-state index in [1.165, 1.54) is 24.0 Å². The van der Waals surface area contributed by atoms with Crippen molar-refractivity contribution in [2.45, 2.75) is 39.0 Å². The molecule has 1 atom stereocenters. The second kappa shape index (κ2) is 9.22. The van der Waals surface area contributed by atoms with E-state index in [0.717, 1.165) is 25.3 Å². The molecular weight excluding hydrogens is 389 g/mol. The lowest BCUT2D eigenvalue weighted by Crippen LogP contribution is -2.36. The number of guanidine groups is 1. The standard InChI is InChI=1S/C17H27N3O.HI/c1-12(2)10-19-17(18)20-11-14-6-4-5-13-9-15(21-3)7-8-16(13)14;/h7-9,12,14H,4-6,10-11H2,1-3H3,(H3,18,19,20);1H. The maximum atomic E-state index is 5.92. The van der Waals surface area contributed by atoms with Crippen LogP contribution in [0.3, 0.4) is 0 Å². The second-order valence-electron chi connectivity index (χ2n) is 6.15. The normalized spacial score (nSPS) is 17.6. The van der Waals surface area contributed by atoms with Crippen molar-refractivity contribution < 1.29 is 4.74 Å². The summed E-state index contributed by atoms with van der Waals surface area (Å²) >= 11 is 0. The van der Waals surface area contributed by atoms with Gasteiger partial charge in [-0.15, -0.1) is 24.0 Å². The van der Waals surface area contributed by atoms with E-state index in [1.54, 1.807) is 7.11 Å². The van der Waals surface area contributed by atoms with Crippen molar-refractivity contribution >= 4 is 29.9 Å². The van der Waals surface area contributed by atoms with Crippen LogP contribution in [0.1, 0.15) is 43.7 Å². The number of aliphatic imine (C=N–C) groups is 1. The van der Waals surface area contributed by atoms with E-state index in [0.29, 0.717) is 17.8 Å². The van der Waals surface area contributed by atoms with Gasteiger partial charge in [-0.1, -0.05) is 19.9 Å². The van der Waals surface area contributed by atoms with Crippen LogP contribution in [0, 0.1) is 5.92 Å². The molecule has 1 aromatic carbocycles. The number of rotatable bonds is 5. The third kappa shape index (κ3) is 5.34. The van der Waals surface area contributed by atoms with Crippen LogP contribution in [0.2, 0.25) is 0 Å². The SMILES string of the molecule is COc1ccc2c(c1)CCCC2CNC(N)=NCC(C)C.I. The van der Waals surface area contributed by atoms with Crippen LogP contribution >= 0.6 is 24.0 Å². The number of ether oxygens (including phenoxy) is 1. The highest BCUT2D eigenvalue weighted by atomic mass is 127. The quantitative estimate of drug-likeness (QED) is 0.439. The number of nitrogens with zero attached hydrogens (tertiary/aromatic N) is 1. The fourth-order valence-corrected chi connectivity index (χ4v) is 2.79. The zero-order valence-corrected chi connectivity index (χ0v) is 16.1. The Kier molecular flexibility index (Phi) is 8.00. The molecule has 1 aliphatic rings. The molecule has 0 saturated heterocycles. The summed E-state index contributed by atoms with van der Waals surface area (Å²) in [6.45, 7) is 5.91. The molecule has 0 aliphatic heterocycles. The minimum absolute atomic E-state index is 0. The Balaban J connectivity index is 0.00000242. The molecule has 1 aromatic rings. The average molecular weight is 417 g/mol. The fraction of sp³-hybridized carbons (Fsp3) is 0.588. The third-order valence-electron chi connectivity index (χ3n) is 3.95. The molecule has 0 amide bonds. The summed E-state index contributed by atoms with van der Waals surface area (Å²) in [6, 6.07) is 6.41. The van der Waals surface area contributed by atoms with E-state index >= 15 is 0 Å². The van der Waals surface area contributed by atoms with Gasteiger partial charge in [-0.2, -0.15) is 0 Å². The highest BCUT2D eigenvalue weighted by molar-refractivity contribution is 14.0. The number of nitrogens with one attached hydrogen (secondary N) is 1. The number of hydrogen-bond acceptors (Lipinski definition) is 2. The van der Waals surface area contributed by atoms with Crippen molar-refractivity contribution in [2.24, 2.45) is 16.6 Å². The molecule has 4 nitrogen and oxygen atoms in total. The summed E-state index contributed by atoms with van der Waals surface area (Å²) in [5.74, 6) is 2.55. The van der Waals surface area contributed by atoms with Crippen LogP contribution in [0.25, 0.3) is 0 Å². The second-order valence-corrected chi connectivity index (χ2v) is 6.15. The van der Waals surface area contributed by atoms with Gasteiger partial charge >= 0.3 is 0 Å². The first-order valence-electron chi connectivity index (χ1n) is 7.80. The molecular formula is C17H28IN3O. The number of fused-ring (bicyclic) bond motifs is 1. The van der Waals surface area contributed by atoms with Crippen LogP contribution in [0.5, 0.6) is 5.75 Å². The zero-order valence-electron chi connectivity index (χ0n) is 13.8. The van der Waals surface area contributed by atoms with Crippen LogP contribution in [-0.4, -0.2) is 26.2 Å². The molecule has 124 valence electrons. The molecule has 5 heteroatoms. The smallest absolute Gasteiger partial charge is 0.188 e. The summed E-state index contributed by atoms with van der Waals surface area (Å²) in [6.07, 6.45) is 3.55. The van der Waals surface area contributed by atoms with Crippen molar-refractivity contribution in [2.75, 3.05) is 20.2 Å². The van der Waals surface area contributed by atoms with E-state index in [9.17, 15) is 0 Å². The number of benzene rings is 1. The Hall–Kier alpha value is -0.980. The molecule has 0 saturated carbocycles. The molecule has 1 unspecified atom stereocenters. The molecule has 0 aromatic heterocycles. The van der Waals surface area contributed by atoms with Crippen LogP contribution in [0.15, 0.2) is 23.2 Å². The lowest BCUT2D eigenvalue weighted by molar-refractivity contribution is 0.412. The van der Waals surface area contributed by atoms with Crippen molar-refractivity contribution in [1.29, 1.82) is 0 Å². The van der Waals surface area contributed by atoms with Gasteiger partial charge in [0.05, 0.1) is 7.11 Å². The van der Waals surface area contributed by atoms with Crippen LogP contribution < -0.4 is 15.8 Å². The topological polar surface area (TPSA) is 59.6 Å². The number of aryl methyl sites for hydroxylation is 1. The molecule has 0 fully saturated rings. The average Bonchev–Trinajstić information content (AvgIpc) is 2.50. The van der Waals surface area contributed by atoms with E-state index in [2.05, 4.69) is 36.3 Å². The monoisotopic (exact) mass is 417 g/mol. The Labute approximate surface area is 150 Å². The summed E-state index contributed by atoms with van der Waals surface area (Å²) in [7, 11) is 1.72. The van der Waals surface area contributed by atoms with Gasteiger partial charge in [0.1, 0.15) is 5.75 Å². The van der Waals surface area contributed by atoms with Gasteiger partial charge in [-0.25, -0.2) is 0 Å². The summed E-state index contributed by atoms with van der Waals surface area (Å²) in [5, 5.41) is 3.27. The summed E-state index contributed by atoms with van der Waals surface area (Å²) < 4.78 is 5.31. The number of methoxy groups -OCH3 is 1. The molecule has 3 N–H and O–H groups in total. The fourth-order valence-electron chi connectivity index (χ4n) is 2.79. The van der Waals surface area contributed by atoms with Crippen molar-refractivity contribution in [3.05, 3.63) is 29.3 Å². The largest absolute Gasteiger partial charge is 0.497 e. The maximum Gasteiger partial charge on any atom is 0.188 e. The minimum Gasteiger partial charge on any atom is -0.497 e. The van der Waals surface area contributed by atoms with Crippen molar-refractivity contribution in [3.63, 3.8) is 0 Å². The highest BCUT2D eigenvalue weighted by Gasteiger charge is 2.20. The Morgan fingerprint density at radius 2 is 2.23 bits per heavy atom. The van der Waals surface area contributed by atoms with E-state index in [1.807, 2.05) is 6.07 Å². The maximum absolute atomic E-state index is 5.92. The molecule has 22 heavy (non-hydrogen) atoms. The van der Waals surface area contributed by atoms with Gasteiger partial charge < -0.3 is 15.8 Å². The molecule has 0 bridgehead atoms. The molecule has 1 aliphatic carbocycles. The van der Waals surface area contributed by atoms with E-state index in [-0.39, 0.29) is 24.0 Å². The zero-order chi connectivity index (χ0) is 15.2. The highest BCUT2D eigenvalue weighted by Crippen LogP contribution is 2.33. The van der Waals surface area contributed by atoms with Gasteiger partial charge in [0, 0.05) is 19.0 Å². The molecule has 0 spiro atoms. The predicted octanol–water partition coefficient (Wildman–Crippen LogP) is 3.29. The first kappa shape index (κ1) is 19.1. The van der Waals surface area contributed by atoms with Crippen molar-refractivity contribution in [3.8, 4) is 5.75 Å². The van der Waals surface area contributed by atoms with Gasteiger partial charge in [0.25, 0.3) is 0 Å². The third-order valence-corrected chi connectivity index (χ3v) is 3.95. The van der Waals surface area contributed by atoms with E-state index < -0.39 is 0 Å². The number of nitrogens with two attached hydrogens (primary N) is 1. The molecule has 0 heterocycles. The lowest BCUT2D eigenvalue weighted by atomic mass is 9.82. The minimum atomic E-state index is 0.